The Bertz CT molecular complexity index is 1210. The van der Waals surface area contributed by atoms with E-state index in [4.69, 9.17) is 21.7 Å². The molecule has 6 nitrogen and oxygen atoms in total. The average molecular weight is 460 g/mol. The molecule has 0 aromatic heterocycles. The van der Waals surface area contributed by atoms with Crippen LogP contribution in [0.5, 0.6) is 11.5 Å². The van der Waals surface area contributed by atoms with Crippen LogP contribution in [0.1, 0.15) is 24.1 Å². The molecule has 0 saturated carbocycles. The lowest BCUT2D eigenvalue weighted by Gasteiger charge is -2.56. The Kier molecular flexibility index (Phi) is 5.21. The van der Waals surface area contributed by atoms with Gasteiger partial charge >= 0.3 is 0 Å². The maximum atomic E-state index is 13.8. The molecule has 3 aromatic carbocycles. The number of amides is 1. The summed E-state index contributed by atoms with van der Waals surface area (Å²) in [5.74, 6) is 0.728. The minimum Gasteiger partial charge on any atom is -0.497 e. The predicted molar refractivity (Wildman–Crippen MR) is 133 cm³/mol. The highest BCUT2D eigenvalue weighted by Crippen LogP contribution is 2.49. The number of carbonyl (C=O) groups is 1. The summed E-state index contributed by atoms with van der Waals surface area (Å²) in [5.41, 5.74) is 2.57. The number of aryl methyl sites for hydroxylation is 1. The Morgan fingerprint density at radius 1 is 1.09 bits per heavy atom. The summed E-state index contributed by atoms with van der Waals surface area (Å²) < 4.78 is 11.8. The summed E-state index contributed by atoms with van der Waals surface area (Å²) in [6, 6.07) is 22.8. The van der Waals surface area contributed by atoms with Gasteiger partial charge in [-0.05, 0) is 68.5 Å². The monoisotopic (exact) mass is 459 g/mol. The molecule has 1 saturated heterocycles. The Labute approximate surface area is 198 Å². The number of benzene rings is 3. The lowest BCUT2D eigenvalue weighted by Crippen LogP contribution is -2.72. The zero-order valence-electron chi connectivity index (χ0n) is 18.7. The summed E-state index contributed by atoms with van der Waals surface area (Å²) in [6.07, 6.45) is 0. The second-order valence-electron chi connectivity index (χ2n) is 8.49. The Hall–Kier alpha value is -3.58. The van der Waals surface area contributed by atoms with E-state index < -0.39 is 11.6 Å². The second kappa shape index (κ2) is 8.08. The zero-order valence-corrected chi connectivity index (χ0v) is 19.5. The van der Waals surface area contributed by atoms with Crippen molar-refractivity contribution in [3.05, 3.63) is 83.9 Å². The summed E-state index contributed by atoms with van der Waals surface area (Å²) in [4.78, 5) is 15.7. The largest absolute Gasteiger partial charge is 0.497 e. The van der Waals surface area contributed by atoms with Crippen LogP contribution in [0.2, 0.25) is 0 Å². The summed E-state index contributed by atoms with van der Waals surface area (Å²) in [7, 11) is 1.61. The van der Waals surface area contributed by atoms with Gasteiger partial charge in [-0.25, -0.2) is 0 Å². The highest BCUT2D eigenvalue weighted by Gasteiger charge is 2.59. The highest BCUT2D eigenvalue weighted by molar-refractivity contribution is 7.80. The number of thiocarbonyl (C=S) groups is 1. The van der Waals surface area contributed by atoms with Crippen molar-refractivity contribution in [2.24, 2.45) is 5.92 Å². The third-order valence-electron chi connectivity index (χ3n) is 6.34. The normalized spacial score (nSPS) is 23.1. The van der Waals surface area contributed by atoms with Crippen molar-refractivity contribution in [1.82, 2.24) is 5.32 Å². The van der Waals surface area contributed by atoms with Crippen molar-refractivity contribution in [2.45, 2.75) is 25.6 Å². The average Bonchev–Trinajstić information content (AvgIpc) is 2.80. The Balaban J connectivity index is 1.58. The van der Waals surface area contributed by atoms with Crippen LogP contribution in [-0.2, 0) is 4.79 Å². The molecule has 7 heteroatoms. The molecular formula is C26H25N3O3S. The number of methoxy groups -OCH3 is 1. The number of hydrogen-bond donors (Lipinski definition) is 2. The molecule has 2 heterocycles. The van der Waals surface area contributed by atoms with E-state index in [0.29, 0.717) is 10.8 Å². The summed E-state index contributed by atoms with van der Waals surface area (Å²) >= 11 is 5.78. The molecule has 5 rings (SSSR count). The van der Waals surface area contributed by atoms with E-state index in [9.17, 15) is 4.79 Å². The van der Waals surface area contributed by atoms with Gasteiger partial charge in [-0.1, -0.05) is 35.9 Å². The first-order valence-corrected chi connectivity index (χ1v) is 11.2. The molecule has 2 N–H and O–H groups in total. The van der Waals surface area contributed by atoms with Crippen LogP contribution in [0.3, 0.4) is 0 Å². The van der Waals surface area contributed by atoms with E-state index in [1.54, 1.807) is 7.11 Å². The number of hydrogen-bond acceptors (Lipinski definition) is 4. The van der Waals surface area contributed by atoms with Gasteiger partial charge in [0.25, 0.3) is 0 Å². The third kappa shape index (κ3) is 3.58. The number of anilines is 2. The van der Waals surface area contributed by atoms with Crippen molar-refractivity contribution >= 4 is 34.6 Å². The molecule has 33 heavy (non-hydrogen) atoms. The molecule has 0 spiro atoms. The van der Waals surface area contributed by atoms with Crippen molar-refractivity contribution in [3.8, 4) is 11.5 Å². The standard InChI is InChI=1S/C26H25N3O3S/c1-16-8-12-18(13-9-16)29-25(33)28-23-20-6-4-5-7-21(20)32-26(29,2)22(23)24(30)27-17-10-14-19(31-3)15-11-17/h4-15,22-23H,1-3H3,(H,27,30)(H,28,33)/t22-,23-,26-/m0/s1. The van der Waals surface area contributed by atoms with Crippen molar-refractivity contribution < 1.29 is 14.3 Å². The topological polar surface area (TPSA) is 62.8 Å². The molecule has 0 aliphatic carbocycles. The van der Waals surface area contributed by atoms with E-state index in [1.807, 2.05) is 91.5 Å². The SMILES string of the molecule is COc1ccc(NC(=O)[C@@H]2[C@H]3NC(=S)N(c4ccc(C)cc4)[C@@]2(C)Oc2ccccc23)cc1. The zero-order chi connectivity index (χ0) is 23.2. The first kappa shape index (κ1) is 21.3. The number of ether oxygens (including phenoxy) is 2. The van der Waals surface area contributed by atoms with Crippen molar-refractivity contribution in [1.29, 1.82) is 0 Å². The molecule has 2 aliphatic rings. The number of carbonyl (C=O) groups excluding carboxylic acids is 1. The fourth-order valence-corrected chi connectivity index (χ4v) is 5.12. The van der Waals surface area contributed by atoms with Crippen molar-refractivity contribution in [3.63, 3.8) is 0 Å². The maximum absolute atomic E-state index is 13.8. The van der Waals surface area contributed by atoms with E-state index in [-0.39, 0.29) is 11.9 Å². The van der Waals surface area contributed by atoms with Gasteiger partial charge < -0.3 is 20.1 Å². The van der Waals surface area contributed by atoms with Crippen LogP contribution in [-0.4, -0.2) is 23.9 Å². The number of para-hydroxylation sites is 1. The molecule has 0 unspecified atom stereocenters. The minimum atomic E-state index is -1.03. The fourth-order valence-electron chi connectivity index (χ4n) is 4.71. The quantitative estimate of drug-likeness (QED) is 0.547. The van der Waals surface area contributed by atoms with Gasteiger partial charge in [0.2, 0.25) is 5.91 Å². The number of fused-ring (bicyclic) bond motifs is 4. The number of rotatable bonds is 4. The van der Waals surface area contributed by atoms with Crippen LogP contribution in [0.25, 0.3) is 0 Å². The highest BCUT2D eigenvalue weighted by atomic mass is 32.1. The molecule has 3 aromatic rings. The van der Waals surface area contributed by atoms with Gasteiger partial charge in [-0.15, -0.1) is 0 Å². The van der Waals surface area contributed by atoms with Crippen LogP contribution in [0.15, 0.2) is 72.8 Å². The van der Waals surface area contributed by atoms with Crippen LogP contribution < -0.4 is 25.0 Å². The van der Waals surface area contributed by atoms with E-state index in [0.717, 1.165) is 28.3 Å². The molecule has 0 radical (unpaired) electrons. The van der Waals surface area contributed by atoms with Crippen molar-refractivity contribution in [2.75, 3.05) is 17.3 Å². The first-order valence-electron chi connectivity index (χ1n) is 10.8. The number of nitrogens with one attached hydrogen (secondary N) is 2. The molecule has 168 valence electrons. The summed E-state index contributed by atoms with van der Waals surface area (Å²) in [5, 5.41) is 7.01. The molecule has 1 fully saturated rings. The fraction of sp³-hybridized carbons (Fsp3) is 0.231. The molecular weight excluding hydrogens is 434 g/mol. The summed E-state index contributed by atoms with van der Waals surface area (Å²) in [6.45, 7) is 3.97. The van der Waals surface area contributed by atoms with E-state index >= 15 is 0 Å². The van der Waals surface area contributed by atoms with Crippen LogP contribution in [0, 0.1) is 12.8 Å². The van der Waals surface area contributed by atoms with Crippen LogP contribution >= 0.6 is 12.2 Å². The minimum absolute atomic E-state index is 0.158. The Morgan fingerprint density at radius 2 is 1.79 bits per heavy atom. The maximum Gasteiger partial charge on any atom is 0.236 e. The smallest absolute Gasteiger partial charge is 0.236 e. The van der Waals surface area contributed by atoms with Gasteiger partial charge in [0.05, 0.1) is 13.2 Å². The van der Waals surface area contributed by atoms with Gasteiger partial charge in [-0.3, -0.25) is 9.69 Å². The molecule has 1 amide bonds. The predicted octanol–water partition coefficient (Wildman–Crippen LogP) is 4.80. The van der Waals surface area contributed by atoms with Gasteiger partial charge in [0, 0.05) is 16.9 Å². The molecule has 2 bridgehead atoms. The third-order valence-corrected chi connectivity index (χ3v) is 6.64. The second-order valence-corrected chi connectivity index (χ2v) is 8.87. The van der Waals surface area contributed by atoms with Gasteiger partial charge in [-0.2, -0.15) is 0 Å². The van der Waals surface area contributed by atoms with Gasteiger partial charge in [0.1, 0.15) is 17.4 Å². The molecule has 3 atom stereocenters. The van der Waals surface area contributed by atoms with Crippen LogP contribution in [0.4, 0.5) is 11.4 Å². The molecule has 2 aliphatic heterocycles. The van der Waals surface area contributed by atoms with Gasteiger partial charge in [0.15, 0.2) is 10.8 Å². The number of nitrogens with zero attached hydrogens (tertiary/aromatic N) is 1. The lowest BCUT2D eigenvalue weighted by atomic mass is 9.78. The first-order chi connectivity index (χ1) is 15.9. The van der Waals surface area contributed by atoms with E-state index in [1.165, 1.54) is 0 Å². The van der Waals surface area contributed by atoms with E-state index in [2.05, 4.69) is 10.6 Å². The Morgan fingerprint density at radius 3 is 2.48 bits per heavy atom. The lowest BCUT2D eigenvalue weighted by molar-refractivity contribution is -0.130.